The maximum atomic E-state index is 13.3. The number of aryl methyl sites for hydroxylation is 2. The average Bonchev–Trinajstić information content (AvgIpc) is 3.15. The molecule has 132 valence electrons. The number of hydrogen-bond acceptors (Lipinski definition) is 2. The molecule has 0 saturated heterocycles. The SMILES string of the molecule is Cc1ccc(C(=O)c2sc(-c3ccc(C)cc3)cc2-c2ccccc2)cc1. The van der Waals surface area contributed by atoms with Crippen LogP contribution in [0, 0.1) is 13.8 Å². The van der Waals surface area contributed by atoms with Gasteiger partial charge in [0, 0.05) is 16.0 Å². The Hall–Kier alpha value is -2.97. The molecule has 0 spiro atoms. The second-order valence-corrected chi connectivity index (χ2v) is 7.83. The third-order valence-corrected chi connectivity index (χ3v) is 5.86. The highest BCUT2D eigenvalue weighted by molar-refractivity contribution is 7.18. The Morgan fingerprint density at radius 1 is 0.704 bits per heavy atom. The molecule has 1 heterocycles. The third-order valence-electron chi connectivity index (χ3n) is 4.67. The quantitative estimate of drug-likeness (QED) is 0.357. The van der Waals surface area contributed by atoms with Crippen molar-refractivity contribution in [2.24, 2.45) is 0 Å². The average molecular weight is 369 g/mol. The predicted octanol–water partition coefficient (Wildman–Crippen LogP) is 6.93. The molecule has 1 nitrogen and oxygen atoms in total. The lowest BCUT2D eigenvalue weighted by molar-refractivity contribution is 0.104. The summed E-state index contributed by atoms with van der Waals surface area (Å²) >= 11 is 1.57. The molecule has 0 amide bonds. The van der Waals surface area contributed by atoms with E-state index in [4.69, 9.17) is 0 Å². The summed E-state index contributed by atoms with van der Waals surface area (Å²) in [6.07, 6.45) is 0. The van der Waals surface area contributed by atoms with E-state index in [9.17, 15) is 4.79 Å². The Labute approximate surface area is 163 Å². The van der Waals surface area contributed by atoms with Gasteiger partial charge in [0.15, 0.2) is 0 Å². The summed E-state index contributed by atoms with van der Waals surface area (Å²) in [6.45, 7) is 4.12. The molecule has 0 aliphatic rings. The molecule has 0 saturated carbocycles. The van der Waals surface area contributed by atoms with Crippen LogP contribution in [0.15, 0.2) is 84.9 Å². The predicted molar refractivity (Wildman–Crippen MR) is 115 cm³/mol. The molecule has 0 aliphatic carbocycles. The number of carbonyl (C=O) groups excluding carboxylic acids is 1. The van der Waals surface area contributed by atoms with Gasteiger partial charge in [-0.1, -0.05) is 90.0 Å². The molecule has 4 aromatic rings. The van der Waals surface area contributed by atoms with Gasteiger partial charge in [-0.3, -0.25) is 4.79 Å². The summed E-state index contributed by atoms with van der Waals surface area (Å²) in [5.41, 5.74) is 6.33. The standard InChI is InChI=1S/C25H20OS/c1-17-8-12-20(13-9-17)23-16-22(19-6-4-3-5-7-19)25(27-23)24(26)21-14-10-18(2)11-15-21/h3-16H,1-2H3. The van der Waals surface area contributed by atoms with Gasteiger partial charge in [-0.05, 0) is 31.0 Å². The summed E-state index contributed by atoms with van der Waals surface area (Å²) in [7, 11) is 0. The highest BCUT2D eigenvalue weighted by atomic mass is 32.1. The van der Waals surface area contributed by atoms with Crippen molar-refractivity contribution in [3.05, 3.63) is 106 Å². The molecule has 0 radical (unpaired) electrons. The number of benzene rings is 3. The van der Waals surface area contributed by atoms with E-state index in [0.29, 0.717) is 0 Å². The van der Waals surface area contributed by atoms with E-state index in [1.165, 1.54) is 5.56 Å². The zero-order valence-corrected chi connectivity index (χ0v) is 16.2. The van der Waals surface area contributed by atoms with E-state index in [2.05, 4.69) is 49.4 Å². The van der Waals surface area contributed by atoms with Crippen LogP contribution in [0.3, 0.4) is 0 Å². The molecule has 0 atom stereocenters. The highest BCUT2D eigenvalue weighted by Crippen LogP contribution is 2.38. The van der Waals surface area contributed by atoms with E-state index < -0.39 is 0 Å². The summed E-state index contributed by atoms with van der Waals surface area (Å²) in [6, 6.07) is 28.6. The fourth-order valence-electron chi connectivity index (χ4n) is 3.09. The van der Waals surface area contributed by atoms with Crippen LogP contribution in [-0.2, 0) is 0 Å². The van der Waals surface area contributed by atoms with Crippen molar-refractivity contribution in [2.45, 2.75) is 13.8 Å². The molecule has 4 rings (SSSR count). The van der Waals surface area contributed by atoms with Crippen LogP contribution in [0.5, 0.6) is 0 Å². The second-order valence-electron chi connectivity index (χ2n) is 6.78. The zero-order chi connectivity index (χ0) is 18.8. The van der Waals surface area contributed by atoms with E-state index in [0.717, 1.165) is 37.6 Å². The van der Waals surface area contributed by atoms with Crippen molar-refractivity contribution in [3.63, 3.8) is 0 Å². The van der Waals surface area contributed by atoms with Crippen molar-refractivity contribution >= 4 is 17.1 Å². The molecular weight excluding hydrogens is 348 g/mol. The molecule has 0 N–H and O–H groups in total. The Kier molecular flexibility index (Phi) is 4.74. The van der Waals surface area contributed by atoms with Gasteiger partial charge < -0.3 is 0 Å². The van der Waals surface area contributed by atoms with Gasteiger partial charge >= 0.3 is 0 Å². The van der Waals surface area contributed by atoms with Crippen LogP contribution < -0.4 is 0 Å². The summed E-state index contributed by atoms with van der Waals surface area (Å²) in [5, 5.41) is 0. The number of hydrogen-bond donors (Lipinski definition) is 0. The smallest absolute Gasteiger partial charge is 0.203 e. The maximum Gasteiger partial charge on any atom is 0.203 e. The monoisotopic (exact) mass is 368 g/mol. The fraction of sp³-hybridized carbons (Fsp3) is 0.0800. The second kappa shape index (κ2) is 7.34. The molecular formula is C25H20OS. The van der Waals surface area contributed by atoms with Gasteiger partial charge in [0.1, 0.15) is 0 Å². The Bertz CT molecular complexity index is 1070. The zero-order valence-electron chi connectivity index (χ0n) is 15.4. The highest BCUT2D eigenvalue weighted by Gasteiger charge is 2.19. The van der Waals surface area contributed by atoms with Crippen LogP contribution in [0.2, 0.25) is 0 Å². The van der Waals surface area contributed by atoms with Crippen LogP contribution in [-0.4, -0.2) is 5.78 Å². The largest absolute Gasteiger partial charge is 0.288 e. The van der Waals surface area contributed by atoms with Gasteiger partial charge in [0.25, 0.3) is 0 Å². The van der Waals surface area contributed by atoms with E-state index in [1.54, 1.807) is 11.3 Å². The summed E-state index contributed by atoms with van der Waals surface area (Å²) < 4.78 is 0. The lowest BCUT2D eigenvalue weighted by Crippen LogP contribution is -2.00. The van der Waals surface area contributed by atoms with E-state index in [-0.39, 0.29) is 5.78 Å². The van der Waals surface area contributed by atoms with Crippen LogP contribution in [0.1, 0.15) is 26.4 Å². The van der Waals surface area contributed by atoms with Gasteiger partial charge in [-0.15, -0.1) is 11.3 Å². The van der Waals surface area contributed by atoms with Crippen molar-refractivity contribution < 1.29 is 4.79 Å². The summed E-state index contributed by atoms with van der Waals surface area (Å²) in [5.74, 6) is 0.0808. The van der Waals surface area contributed by atoms with E-state index >= 15 is 0 Å². The molecule has 0 aliphatic heterocycles. The number of carbonyl (C=O) groups is 1. The first-order chi connectivity index (χ1) is 13.1. The lowest BCUT2D eigenvalue weighted by atomic mass is 10.00. The minimum atomic E-state index is 0.0808. The molecule has 27 heavy (non-hydrogen) atoms. The van der Waals surface area contributed by atoms with Crippen LogP contribution in [0.25, 0.3) is 21.6 Å². The van der Waals surface area contributed by atoms with Crippen molar-refractivity contribution in [1.82, 2.24) is 0 Å². The normalized spacial score (nSPS) is 10.7. The fourth-order valence-corrected chi connectivity index (χ4v) is 4.24. The topological polar surface area (TPSA) is 17.1 Å². The molecule has 0 bridgehead atoms. The first kappa shape index (κ1) is 17.4. The maximum absolute atomic E-state index is 13.3. The molecule has 1 aromatic heterocycles. The van der Waals surface area contributed by atoms with Crippen molar-refractivity contribution in [3.8, 4) is 21.6 Å². The first-order valence-electron chi connectivity index (χ1n) is 8.99. The first-order valence-corrected chi connectivity index (χ1v) is 9.81. The Balaban J connectivity index is 1.84. The van der Waals surface area contributed by atoms with Crippen LogP contribution >= 0.6 is 11.3 Å². The Morgan fingerprint density at radius 2 is 1.30 bits per heavy atom. The molecule has 3 aromatic carbocycles. The number of ketones is 1. The number of thiophene rings is 1. The lowest BCUT2D eigenvalue weighted by Gasteiger charge is -2.04. The van der Waals surface area contributed by atoms with Gasteiger partial charge in [-0.25, -0.2) is 0 Å². The number of rotatable bonds is 4. The van der Waals surface area contributed by atoms with E-state index in [1.807, 2.05) is 49.4 Å². The van der Waals surface area contributed by atoms with Crippen molar-refractivity contribution in [1.29, 1.82) is 0 Å². The molecule has 0 fully saturated rings. The molecule has 2 heteroatoms. The van der Waals surface area contributed by atoms with Gasteiger partial charge in [0.2, 0.25) is 5.78 Å². The minimum Gasteiger partial charge on any atom is -0.288 e. The van der Waals surface area contributed by atoms with Gasteiger partial charge in [-0.2, -0.15) is 0 Å². The summed E-state index contributed by atoms with van der Waals surface area (Å²) in [4.78, 5) is 15.2. The van der Waals surface area contributed by atoms with Gasteiger partial charge in [0.05, 0.1) is 4.88 Å². The Morgan fingerprint density at radius 3 is 1.93 bits per heavy atom. The molecule has 0 unspecified atom stereocenters. The van der Waals surface area contributed by atoms with Crippen LogP contribution in [0.4, 0.5) is 0 Å². The third kappa shape index (κ3) is 3.62. The minimum absolute atomic E-state index is 0.0808. The van der Waals surface area contributed by atoms with Crippen molar-refractivity contribution in [2.75, 3.05) is 0 Å².